The molecule has 4 aliphatic heterocycles. The quantitative estimate of drug-likeness (QED) is 0.168. The van der Waals surface area contributed by atoms with Crippen molar-refractivity contribution < 1.29 is 47.3 Å². The van der Waals surface area contributed by atoms with Gasteiger partial charge >= 0.3 is 27.0 Å². The first-order valence-electron chi connectivity index (χ1n) is 22.4. The van der Waals surface area contributed by atoms with Crippen LogP contribution in [0.3, 0.4) is 0 Å². The zero-order valence-corrected chi connectivity index (χ0v) is 38.1. The lowest BCUT2D eigenvalue weighted by atomic mass is 9.80. The number of benzene rings is 2. The van der Waals surface area contributed by atoms with Gasteiger partial charge in [-0.3, -0.25) is 9.59 Å². The monoisotopic (exact) mass is 870 g/mol. The molecule has 6 atom stereocenters. The normalized spacial score (nSPS) is 27.8. The highest BCUT2D eigenvalue weighted by Crippen LogP contribution is 2.43. The van der Waals surface area contributed by atoms with Crippen molar-refractivity contribution in [2.75, 3.05) is 26.2 Å². The molecule has 8 rings (SSSR count). The zero-order valence-electron chi connectivity index (χ0n) is 38.1. The number of amides is 2. The number of hydrogen-bond donors (Lipinski definition) is 0. The molecule has 2 unspecified atom stereocenters. The highest BCUT2D eigenvalue weighted by atomic mass is 16.7. The number of ether oxygens (including phenoxy) is 2. The molecule has 14 heteroatoms. The summed E-state index contributed by atoms with van der Waals surface area (Å²) >= 11 is 0. The standard InChI is InChI=1S/C24H34BNO5.C18H21NO3.C6H12BO2.CH4/c1-23(2)24(3,4)31-25(30-23)12-8-11-18-13-19-14-26(15-20(19)21(18)27)22(28)29-16-17-9-6-5-7-10-17;1-2-6-14-9-15-10-19(11-16(15)17(14)20)18(21)22-12-13-7-4-3-5-8-13;1-5(2)6(3,4)9-7-8-5;/h5-7,9-10,18-20H,8,11-16H2,1-4H3;2-5,7-8,14-16H,1,6,9-12H2;1-4H3;1H4/t18?,19-,20+;14?,15-,16+;;/m00../s1. The predicted octanol–water partition coefficient (Wildman–Crippen LogP) is 9.13. The Morgan fingerprint density at radius 3 is 1.52 bits per heavy atom. The van der Waals surface area contributed by atoms with Gasteiger partial charge in [-0.2, -0.15) is 0 Å². The van der Waals surface area contributed by atoms with Crippen LogP contribution in [-0.2, 0) is 50.9 Å². The highest BCUT2D eigenvalue weighted by Gasteiger charge is 2.52. The lowest BCUT2D eigenvalue weighted by Gasteiger charge is -2.32. The maximum absolute atomic E-state index is 12.9. The van der Waals surface area contributed by atoms with Crippen LogP contribution in [0, 0.1) is 35.5 Å². The molecule has 2 amide bonds. The van der Waals surface area contributed by atoms with E-state index in [0.717, 1.165) is 49.6 Å². The van der Waals surface area contributed by atoms with Crippen molar-refractivity contribution in [2.24, 2.45) is 35.5 Å². The minimum Gasteiger partial charge on any atom is -0.445 e. The lowest BCUT2D eigenvalue weighted by molar-refractivity contribution is -0.124. The summed E-state index contributed by atoms with van der Waals surface area (Å²) in [6.45, 7) is 22.8. The molecule has 6 fully saturated rings. The van der Waals surface area contributed by atoms with Crippen LogP contribution in [0.25, 0.3) is 0 Å². The first kappa shape index (κ1) is 50.0. The number of hydrogen-bond acceptors (Lipinski definition) is 10. The highest BCUT2D eigenvalue weighted by molar-refractivity contribution is 6.45. The van der Waals surface area contributed by atoms with Crippen LogP contribution in [-0.4, -0.2) is 96.9 Å². The number of rotatable bonds is 10. The van der Waals surface area contributed by atoms with Gasteiger partial charge in [0.05, 0.1) is 22.4 Å². The molecule has 2 saturated carbocycles. The smallest absolute Gasteiger partial charge is 0.445 e. The molecule has 4 saturated heterocycles. The molecule has 0 aromatic heterocycles. The average molecular weight is 870 g/mol. The van der Waals surface area contributed by atoms with Crippen molar-refractivity contribution in [3.63, 3.8) is 0 Å². The van der Waals surface area contributed by atoms with Crippen molar-refractivity contribution >= 4 is 38.6 Å². The fourth-order valence-corrected chi connectivity index (χ4v) is 9.19. The Morgan fingerprint density at radius 2 is 1.13 bits per heavy atom. The van der Waals surface area contributed by atoms with Gasteiger partial charge in [-0.1, -0.05) is 80.6 Å². The second-order valence-corrected chi connectivity index (χ2v) is 19.8. The minimum atomic E-state index is -0.316. The molecule has 0 bridgehead atoms. The Labute approximate surface area is 377 Å². The van der Waals surface area contributed by atoms with Gasteiger partial charge in [-0.25, -0.2) is 9.59 Å². The van der Waals surface area contributed by atoms with E-state index in [9.17, 15) is 19.2 Å². The van der Waals surface area contributed by atoms with Crippen LogP contribution >= 0.6 is 0 Å². The largest absolute Gasteiger partial charge is 0.488 e. The van der Waals surface area contributed by atoms with Crippen LogP contribution < -0.4 is 0 Å². The molecule has 6 aliphatic rings. The van der Waals surface area contributed by atoms with E-state index in [1.165, 1.54) is 7.69 Å². The van der Waals surface area contributed by atoms with Gasteiger partial charge in [0, 0.05) is 49.9 Å². The Bertz CT molecular complexity index is 1850. The van der Waals surface area contributed by atoms with Crippen LogP contribution in [0.5, 0.6) is 0 Å². The summed E-state index contributed by atoms with van der Waals surface area (Å²) in [5.74, 6) is 1.33. The third-order valence-electron chi connectivity index (χ3n) is 14.4. The van der Waals surface area contributed by atoms with Crippen LogP contribution in [0.1, 0.15) is 106 Å². The fraction of sp³-hybridized carbons (Fsp3) is 0.633. The molecule has 2 aromatic rings. The number of nitrogens with zero attached hydrogens (tertiary/aromatic N) is 2. The Balaban J connectivity index is 0.000000203. The van der Waals surface area contributed by atoms with Crippen molar-refractivity contribution in [1.82, 2.24) is 9.80 Å². The van der Waals surface area contributed by atoms with E-state index < -0.39 is 0 Å². The van der Waals surface area contributed by atoms with Gasteiger partial charge in [0.1, 0.15) is 24.8 Å². The maximum atomic E-state index is 12.9. The Kier molecular flexibility index (Phi) is 16.6. The topological polar surface area (TPSA) is 130 Å². The summed E-state index contributed by atoms with van der Waals surface area (Å²) in [7, 11) is 1.22. The molecule has 12 nitrogen and oxygen atoms in total. The van der Waals surface area contributed by atoms with Crippen molar-refractivity contribution in [3.05, 3.63) is 84.4 Å². The second kappa shape index (κ2) is 20.9. The van der Waals surface area contributed by atoms with E-state index in [1.54, 1.807) is 9.80 Å². The molecule has 4 heterocycles. The van der Waals surface area contributed by atoms with E-state index in [1.807, 2.05) is 94.4 Å². The maximum Gasteiger partial charge on any atom is 0.488 e. The first-order chi connectivity index (χ1) is 29.3. The van der Waals surface area contributed by atoms with Gasteiger partial charge in [0.15, 0.2) is 0 Å². The molecular weight excluding hydrogens is 798 g/mol. The van der Waals surface area contributed by atoms with E-state index in [-0.39, 0.29) is 91.9 Å². The molecule has 2 aliphatic carbocycles. The van der Waals surface area contributed by atoms with Crippen LogP contribution in [0.15, 0.2) is 73.3 Å². The number of allylic oxidation sites excluding steroid dienone is 1. The molecule has 343 valence electrons. The number of carbonyl (C=O) groups excluding carboxylic acids is 4. The van der Waals surface area contributed by atoms with Crippen molar-refractivity contribution in [2.45, 2.75) is 137 Å². The van der Waals surface area contributed by atoms with Gasteiger partial charge in [-0.15, -0.1) is 6.58 Å². The lowest BCUT2D eigenvalue weighted by Crippen LogP contribution is -2.41. The SMILES string of the molecule is C.C=CCC1C[C@H]2CN(C(=O)OCc3ccccc3)C[C@H]2C1=O.CC1(C)OB(CCCC2C[C@H]3CN(C(=O)OCc4ccccc4)C[C@H]3C2=O)OC1(C)C.CC1(C)O[B]OC1(C)C. The summed E-state index contributed by atoms with van der Waals surface area (Å²) in [5, 5.41) is 0. The van der Waals surface area contributed by atoms with Gasteiger partial charge < -0.3 is 37.9 Å². The minimum absolute atomic E-state index is 0. The molecule has 63 heavy (non-hydrogen) atoms. The Morgan fingerprint density at radius 1 is 0.698 bits per heavy atom. The van der Waals surface area contributed by atoms with E-state index in [2.05, 4.69) is 34.3 Å². The first-order valence-corrected chi connectivity index (χ1v) is 22.4. The summed E-state index contributed by atoms with van der Waals surface area (Å²) in [6, 6.07) is 19.3. The number of Topliss-reactive ketones (excluding diaryl/α,β-unsaturated/α-hetero) is 2. The summed E-state index contributed by atoms with van der Waals surface area (Å²) in [4.78, 5) is 53.2. The molecule has 0 spiro atoms. The van der Waals surface area contributed by atoms with Gasteiger partial charge in [0.2, 0.25) is 0 Å². The molecule has 0 N–H and O–H groups in total. The molecule has 1 radical (unpaired) electrons. The van der Waals surface area contributed by atoms with Gasteiger partial charge in [0.25, 0.3) is 0 Å². The second-order valence-electron chi connectivity index (χ2n) is 19.8. The predicted molar refractivity (Wildman–Crippen MR) is 244 cm³/mol. The molecule has 2 aromatic carbocycles. The summed E-state index contributed by atoms with van der Waals surface area (Å²) in [5.41, 5.74) is 0.943. The van der Waals surface area contributed by atoms with E-state index in [0.29, 0.717) is 43.7 Å². The number of ketones is 2. The fourth-order valence-electron chi connectivity index (χ4n) is 9.19. The average Bonchev–Trinajstić information content (AvgIpc) is 4.05. The summed E-state index contributed by atoms with van der Waals surface area (Å²) in [6.07, 6.45) is 6.27. The number of likely N-dealkylation sites (tertiary alicyclic amines) is 2. The summed E-state index contributed by atoms with van der Waals surface area (Å²) < 4.78 is 33.3. The van der Waals surface area contributed by atoms with Gasteiger partial charge in [-0.05, 0) is 110 Å². The van der Waals surface area contributed by atoms with E-state index in [4.69, 9.17) is 28.1 Å². The van der Waals surface area contributed by atoms with Crippen molar-refractivity contribution in [1.29, 1.82) is 0 Å². The third kappa shape index (κ3) is 12.0. The molecular formula is C49H71B2N2O10. The van der Waals surface area contributed by atoms with E-state index >= 15 is 0 Å². The Hall–Kier alpha value is -3.97. The van der Waals surface area contributed by atoms with Crippen LogP contribution in [0.2, 0.25) is 6.32 Å². The zero-order chi connectivity index (χ0) is 44.9. The number of carbonyl (C=O) groups is 4. The van der Waals surface area contributed by atoms with Crippen molar-refractivity contribution in [3.8, 4) is 0 Å². The van der Waals surface area contributed by atoms with Crippen LogP contribution in [0.4, 0.5) is 9.59 Å². The number of fused-ring (bicyclic) bond motifs is 2. The third-order valence-corrected chi connectivity index (χ3v) is 14.4.